The molecule has 0 aromatic carbocycles. The first-order valence-electron chi connectivity index (χ1n) is 14.4. The van der Waals surface area contributed by atoms with E-state index in [-0.39, 0.29) is 39.5 Å². The lowest BCUT2D eigenvalue weighted by atomic mass is 9.32. The van der Waals surface area contributed by atoms with Crippen LogP contribution in [-0.2, 0) is 20.7 Å². The second-order valence-electron chi connectivity index (χ2n) is 15.0. The Morgan fingerprint density at radius 2 is 1.75 bits per heavy atom. The van der Waals surface area contributed by atoms with Gasteiger partial charge in [0.05, 0.1) is 18.7 Å². The molecule has 0 aliphatic heterocycles. The molecule has 198 valence electrons. The van der Waals surface area contributed by atoms with Crippen LogP contribution in [0.4, 0.5) is 0 Å². The highest BCUT2D eigenvalue weighted by Crippen LogP contribution is 2.75. The van der Waals surface area contributed by atoms with Crippen LogP contribution >= 0.6 is 0 Å². The number of methoxy groups -OCH3 is 1. The Balaban J connectivity index is 1.44. The quantitative estimate of drug-likeness (QED) is 0.403. The molecule has 9 atom stereocenters. The van der Waals surface area contributed by atoms with Crippen molar-refractivity contribution < 1.29 is 18.8 Å². The van der Waals surface area contributed by atoms with Crippen molar-refractivity contribution >= 4 is 11.8 Å². The number of nitrogens with zero attached hydrogens (tertiary/aromatic N) is 1. The molecule has 0 amide bonds. The summed E-state index contributed by atoms with van der Waals surface area (Å²) in [4.78, 5) is 27.9. The molecule has 0 saturated heterocycles. The summed E-state index contributed by atoms with van der Waals surface area (Å²) >= 11 is 0. The first-order chi connectivity index (χ1) is 16.8. The first-order valence-corrected chi connectivity index (χ1v) is 14.4. The van der Waals surface area contributed by atoms with Crippen LogP contribution < -0.4 is 0 Å². The van der Waals surface area contributed by atoms with E-state index in [0.717, 1.165) is 50.7 Å². The fourth-order valence-corrected chi connectivity index (χ4v) is 11.1. The summed E-state index contributed by atoms with van der Waals surface area (Å²) < 4.78 is 11.2. The predicted molar refractivity (Wildman–Crippen MR) is 137 cm³/mol. The van der Waals surface area contributed by atoms with E-state index >= 15 is 0 Å². The van der Waals surface area contributed by atoms with Gasteiger partial charge in [0.2, 0.25) is 0 Å². The second kappa shape index (κ2) is 7.47. The number of carbonyl (C=O) groups excluding carboxylic acids is 2. The first kappa shape index (κ1) is 24.7. The molecule has 5 aliphatic rings. The number of rotatable bonds is 1. The number of hydrogen-bond donors (Lipinski definition) is 0. The van der Waals surface area contributed by atoms with Crippen LogP contribution in [0.25, 0.3) is 0 Å². The smallest absolute Gasteiger partial charge is 0.312 e. The normalized spacial score (nSPS) is 49.1. The maximum Gasteiger partial charge on any atom is 0.312 e. The largest absolute Gasteiger partial charge is 0.469 e. The van der Waals surface area contributed by atoms with Crippen molar-refractivity contribution in [2.45, 2.75) is 105 Å². The number of ether oxygens (including phenoxy) is 1. The van der Waals surface area contributed by atoms with Crippen LogP contribution in [0, 0.1) is 50.7 Å². The van der Waals surface area contributed by atoms with E-state index in [1.165, 1.54) is 19.1 Å². The second-order valence-corrected chi connectivity index (χ2v) is 15.0. The standard InChI is InChI=1S/C31H45NO4/c1-18-20-8-9-29(5)23(28(20,4)15-19-17-32-36-25(18)19)14-22(33)24-21-16-27(2,3)10-12-31(21,26(34)35-7)13-11-30(24,29)6/h17-18,20-21,23-24H,8-16H2,1-7H3/t18-,20-,21?,23+,24?,28-,29+,30+,31-/m0/s1. The van der Waals surface area contributed by atoms with Crippen molar-refractivity contribution in [3.63, 3.8) is 0 Å². The van der Waals surface area contributed by atoms with Gasteiger partial charge in [-0.3, -0.25) is 9.59 Å². The maximum absolute atomic E-state index is 14.5. The molecule has 36 heavy (non-hydrogen) atoms. The van der Waals surface area contributed by atoms with Gasteiger partial charge in [0.25, 0.3) is 0 Å². The molecule has 5 heteroatoms. The molecule has 5 aliphatic carbocycles. The fourth-order valence-electron chi connectivity index (χ4n) is 11.1. The third-order valence-corrected chi connectivity index (χ3v) is 13.2. The van der Waals surface area contributed by atoms with Gasteiger partial charge in [-0.2, -0.15) is 0 Å². The molecule has 0 spiro atoms. The highest BCUT2D eigenvalue weighted by molar-refractivity contribution is 5.86. The minimum absolute atomic E-state index is 0.0529. The number of carbonyl (C=O) groups is 2. The van der Waals surface area contributed by atoms with Crippen LogP contribution in [0.1, 0.15) is 110 Å². The van der Waals surface area contributed by atoms with E-state index in [9.17, 15) is 9.59 Å². The summed E-state index contributed by atoms with van der Waals surface area (Å²) in [6.45, 7) is 14.4. The average Bonchev–Trinajstić information content (AvgIpc) is 3.28. The highest BCUT2D eigenvalue weighted by Gasteiger charge is 2.72. The van der Waals surface area contributed by atoms with Crippen LogP contribution in [0.2, 0.25) is 0 Å². The molecule has 1 aromatic rings. The summed E-state index contributed by atoms with van der Waals surface area (Å²) in [6, 6.07) is 0. The number of esters is 1. The molecule has 0 radical (unpaired) electrons. The maximum atomic E-state index is 14.5. The lowest BCUT2D eigenvalue weighted by Crippen LogP contribution is -2.68. The van der Waals surface area contributed by atoms with E-state index in [0.29, 0.717) is 30.0 Å². The minimum Gasteiger partial charge on any atom is -0.469 e. The van der Waals surface area contributed by atoms with Crippen molar-refractivity contribution in [2.24, 2.45) is 50.7 Å². The Labute approximate surface area is 216 Å². The number of Topliss-reactive ketones (excluding diaryl/α,β-unsaturated/α-hetero) is 1. The molecular weight excluding hydrogens is 450 g/mol. The fraction of sp³-hybridized carbons (Fsp3) is 0.839. The van der Waals surface area contributed by atoms with Gasteiger partial charge in [0.15, 0.2) is 0 Å². The average molecular weight is 496 g/mol. The van der Waals surface area contributed by atoms with Crippen molar-refractivity contribution in [2.75, 3.05) is 7.11 Å². The Morgan fingerprint density at radius 3 is 2.47 bits per heavy atom. The number of fused-ring (bicyclic) bond motifs is 8. The molecule has 1 aromatic heterocycles. The number of ketones is 1. The van der Waals surface area contributed by atoms with Crippen molar-refractivity contribution in [1.82, 2.24) is 5.16 Å². The Hall–Kier alpha value is -1.65. The zero-order valence-corrected chi connectivity index (χ0v) is 23.4. The molecule has 0 bridgehead atoms. The third-order valence-electron chi connectivity index (χ3n) is 13.2. The molecule has 5 nitrogen and oxygen atoms in total. The minimum atomic E-state index is -0.495. The van der Waals surface area contributed by atoms with Crippen LogP contribution in [-0.4, -0.2) is 24.0 Å². The summed E-state index contributed by atoms with van der Waals surface area (Å²) in [5, 5.41) is 4.16. The summed E-state index contributed by atoms with van der Waals surface area (Å²) in [6.07, 6.45) is 10.4. The van der Waals surface area contributed by atoms with Gasteiger partial charge in [0.1, 0.15) is 11.5 Å². The molecule has 6 rings (SSSR count). The Bertz CT molecular complexity index is 1110. The zero-order valence-electron chi connectivity index (χ0n) is 23.4. The van der Waals surface area contributed by atoms with Gasteiger partial charge in [-0.05, 0) is 90.8 Å². The van der Waals surface area contributed by atoms with Crippen molar-refractivity contribution in [1.29, 1.82) is 0 Å². The SMILES string of the molecule is COC(=O)[C@]12CCC(C)(C)CC1C1C(=O)C[C@@H]3[C@@]4(C)Cc5cnoc5[C@@H](C)[C@@H]4CC[C@@]3(C)[C@]1(C)CC2. The summed E-state index contributed by atoms with van der Waals surface area (Å²) in [7, 11) is 1.53. The Morgan fingerprint density at radius 1 is 1.03 bits per heavy atom. The summed E-state index contributed by atoms with van der Waals surface area (Å²) in [5.74, 6) is 2.63. The molecule has 2 unspecified atom stereocenters. The van der Waals surface area contributed by atoms with Crippen molar-refractivity contribution in [3.8, 4) is 0 Å². The van der Waals surface area contributed by atoms with Gasteiger partial charge in [-0.15, -0.1) is 0 Å². The molecular formula is C31H45NO4. The lowest BCUT2D eigenvalue weighted by molar-refractivity contribution is -0.228. The van der Waals surface area contributed by atoms with E-state index in [2.05, 4.69) is 46.7 Å². The van der Waals surface area contributed by atoms with E-state index in [1.807, 2.05) is 6.20 Å². The zero-order chi connectivity index (χ0) is 25.9. The van der Waals surface area contributed by atoms with E-state index in [1.54, 1.807) is 0 Å². The summed E-state index contributed by atoms with van der Waals surface area (Å²) in [5.41, 5.74) is 0.908. The molecule has 4 saturated carbocycles. The predicted octanol–water partition coefficient (Wildman–Crippen LogP) is 6.75. The van der Waals surface area contributed by atoms with Gasteiger partial charge < -0.3 is 9.26 Å². The van der Waals surface area contributed by atoms with Crippen LogP contribution in [0.15, 0.2) is 10.7 Å². The van der Waals surface area contributed by atoms with Crippen LogP contribution in [0.5, 0.6) is 0 Å². The Kier molecular flexibility index (Phi) is 5.12. The van der Waals surface area contributed by atoms with Gasteiger partial charge in [0, 0.05) is 23.8 Å². The monoisotopic (exact) mass is 495 g/mol. The van der Waals surface area contributed by atoms with E-state index < -0.39 is 5.41 Å². The van der Waals surface area contributed by atoms with Gasteiger partial charge in [-0.1, -0.05) is 46.7 Å². The van der Waals surface area contributed by atoms with Gasteiger partial charge in [-0.25, -0.2) is 0 Å². The lowest BCUT2D eigenvalue weighted by Gasteiger charge is -2.71. The molecule has 0 N–H and O–H groups in total. The van der Waals surface area contributed by atoms with Crippen LogP contribution in [0.3, 0.4) is 0 Å². The number of hydrogen-bond acceptors (Lipinski definition) is 5. The van der Waals surface area contributed by atoms with Gasteiger partial charge >= 0.3 is 5.97 Å². The van der Waals surface area contributed by atoms with Crippen molar-refractivity contribution in [3.05, 3.63) is 17.5 Å². The third kappa shape index (κ3) is 2.86. The topological polar surface area (TPSA) is 69.4 Å². The molecule has 4 fully saturated rings. The highest BCUT2D eigenvalue weighted by atomic mass is 16.5. The van der Waals surface area contributed by atoms with E-state index in [4.69, 9.17) is 9.26 Å². The number of aromatic nitrogens is 1. The molecule has 1 heterocycles.